The monoisotopic (exact) mass is 261 g/mol. The van der Waals surface area contributed by atoms with Crippen molar-refractivity contribution in [3.05, 3.63) is 35.2 Å². The molecule has 0 saturated carbocycles. The summed E-state index contributed by atoms with van der Waals surface area (Å²) in [5.41, 5.74) is 2.31. The van der Waals surface area contributed by atoms with Crippen LogP contribution in [0.3, 0.4) is 0 Å². The summed E-state index contributed by atoms with van der Waals surface area (Å²) in [5, 5.41) is 13.9. The van der Waals surface area contributed by atoms with Crippen LogP contribution in [0, 0.1) is 0 Å². The third-order valence-corrected chi connectivity index (χ3v) is 3.58. The Morgan fingerprint density at radius 1 is 1.47 bits per heavy atom. The molecule has 5 nitrogen and oxygen atoms in total. The molecule has 19 heavy (non-hydrogen) atoms. The minimum Gasteiger partial charge on any atom is -0.388 e. The average molecular weight is 261 g/mol. The van der Waals surface area contributed by atoms with Crippen LogP contribution in [0.25, 0.3) is 0 Å². The van der Waals surface area contributed by atoms with Gasteiger partial charge in [-0.2, -0.15) is 4.98 Å². The molecule has 5 heteroatoms. The van der Waals surface area contributed by atoms with E-state index in [1.807, 2.05) is 10.8 Å². The number of hydrogen-bond acceptors (Lipinski definition) is 4. The normalized spacial score (nSPS) is 18.5. The third kappa shape index (κ3) is 2.56. The Morgan fingerprint density at radius 2 is 2.37 bits per heavy atom. The smallest absolute Gasteiger partial charge is 0.226 e. The van der Waals surface area contributed by atoms with Crippen LogP contribution in [0.1, 0.15) is 55.1 Å². The van der Waals surface area contributed by atoms with Crippen molar-refractivity contribution >= 4 is 0 Å². The molecule has 1 N–H and O–H groups in total. The standard InChI is InChI=1S/C14H19N3O2/c1-2-4-14-15-13(16-19-14)9-17-7-10-5-3-6-12(18)11(10)8-17/h7-8,12,18H,2-6,9H2,1H3. The molecular formula is C14H19N3O2. The van der Waals surface area contributed by atoms with E-state index in [4.69, 9.17) is 4.52 Å². The van der Waals surface area contributed by atoms with Gasteiger partial charge >= 0.3 is 0 Å². The lowest BCUT2D eigenvalue weighted by Gasteiger charge is -2.16. The van der Waals surface area contributed by atoms with Crippen molar-refractivity contribution < 1.29 is 9.63 Å². The molecule has 0 saturated heterocycles. The molecule has 1 unspecified atom stereocenters. The van der Waals surface area contributed by atoms with Gasteiger partial charge in [0.1, 0.15) is 0 Å². The second-order valence-electron chi connectivity index (χ2n) is 5.17. The van der Waals surface area contributed by atoms with Gasteiger partial charge < -0.3 is 14.2 Å². The highest BCUT2D eigenvalue weighted by Crippen LogP contribution is 2.30. The molecule has 2 aromatic heterocycles. The molecule has 0 bridgehead atoms. The molecule has 3 rings (SSSR count). The van der Waals surface area contributed by atoms with Crippen molar-refractivity contribution in [2.45, 2.75) is 51.7 Å². The van der Waals surface area contributed by atoms with Crippen molar-refractivity contribution in [2.24, 2.45) is 0 Å². The number of aliphatic hydroxyl groups is 1. The first kappa shape index (κ1) is 12.4. The number of fused-ring (bicyclic) bond motifs is 1. The molecular weight excluding hydrogens is 242 g/mol. The zero-order valence-corrected chi connectivity index (χ0v) is 11.2. The maximum absolute atomic E-state index is 9.95. The van der Waals surface area contributed by atoms with E-state index in [1.54, 1.807) is 0 Å². The van der Waals surface area contributed by atoms with Crippen molar-refractivity contribution in [1.82, 2.24) is 14.7 Å². The van der Waals surface area contributed by atoms with Gasteiger partial charge in [-0.15, -0.1) is 0 Å². The first-order valence-electron chi connectivity index (χ1n) is 6.94. The van der Waals surface area contributed by atoms with Crippen molar-refractivity contribution in [1.29, 1.82) is 0 Å². The highest BCUT2D eigenvalue weighted by atomic mass is 16.5. The van der Waals surface area contributed by atoms with Crippen LogP contribution in [-0.4, -0.2) is 19.8 Å². The van der Waals surface area contributed by atoms with E-state index in [0.29, 0.717) is 18.3 Å². The number of aliphatic hydroxyl groups excluding tert-OH is 1. The fourth-order valence-corrected chi connectivity index (χ4v) is 2.65. The SMILES string of the molecule is CCCc1nc(Cn2cc3c(c2)C(O)CCC3)no1. The lowest BCUT2D eigenvalue weighted by Crippen LogP contribution is -2.05. The Bertz CT molecular complexity index is 559. The minimum atomic E-state index is -0.314. The number of hydrogen-bond donors (Lipinski definition) is 1. The summed E-state index contributed by atoms with van der Waals surface area (Å²) in [5.74, 6) is 1.40. The van der Waals surface area contributed by atoms with Gasteiger partial charge in [0.15, 0.2) is 5.82 Å². The molecule has 2 aromatic rings. The van der Waals surface area contributed by atoms with Gasteiger partial charge in [-0.25, -0.2) is 0 Å². The Labute approximate surface area is 112 Å². The van der Waals surface area contributed by atoms with Crippen LogP contribution >= 0.6 is 0 Å². The number of aryl methyl sites for hydroxylation is 2. The van der Waals surface area contributed by atoms with Crippen LogP contribution in [0.2, 0.25) is 0 Å². The van der Waals surface area contributed by atoms with Crippen LogP contribution in [0.5, 0.6) is 0 Å². The molecule has 0 radical (unpaired) electrons. The first-order chi connectivity index (χ1) is 9.26. The van der Waals surface area contributed by atoms with Crippen LogP contribution in [-0.2, 0) is 19.4 Å². The predicted molar refractivity (Wildman–Crippen MR) is 69.7 cm³/mol. The largest absolute Gasteiger partial charge is 0.388 e. The van der Waals surface area contributed by atoms with E-state index in [2.05, 4.69) is 23.3 Å². The van der Waals surface area contributed by atoms with Gasteiger partial charge in [0.05, 0.1) is 12.6 Å². The summed E-state index contributed by atoms with van der Waals surface area (Å²) in [4.78, 5) is 4.36. The van der Waals surface area contributed by atoms with E-state index in [0.717, 1.165) is 37.7 Å². The predicted octanol–water partition coefficient (Wildman–Crippen LogP) is 2.24. The van der Waals surface area contributed by atoms with Crippen molar-refractivity contribution in [3.63, 3.8) is 0 Å². The quantitative estimate of drug-likeness (QED) is 0.916. The molecule has 1 aliphatic carbocycles. The number of aromatic nitrogens is 3. The lowest BCUT2D eigenvalue weighted by atomic mass is 9.93. The number of nitrogens with zero attached hydrogens (tertiary/aromatic N) is 3. The summed E-state index contributed by atoms with van der Waals surface area (Å²) in [7, 11) is 0. The lowest BCUT2D eigenvalue weighted by molar-refractivity contribution is 0.157. The molecule has 102 valence electrons. The van der Waals surface area contributed by atoms with Gasteiger partial charge in [-0.05, 0) is 31.2 Å². The molecule has 0 aliphatic heterocycles. The Balaban J connectivity index is 1.75. The summed E-state index contributed by atoms with van der Waals surface area (Å²) < 4.78 is 7.22. The van der Waals surface area contributed by atoms with Crippen LogP contribution in [0.4, 0.5) is 0 Å². The third-order valence-electron chi connectivity index (χ3n) is 3.58. The maximum Gasteiger partial charge on any atom is 0.226 e. The zero-order valence-electron chi connectivity index (χ0n) is 11.2. The van der Waals surface area contributed by atoms with Crippen molar-refractivity contribution in [2.75, 3.05) is 0 Å². The summed E-state index contributed by atoms with van der Waals surface area (Å²) in [6.45, 7) is 2.69. The number of rotatable bonds is 4. The van der Waals surface area contributed by atoms with E-state index >= 15 is 0 Å². The van der Waals surface area contributed by atoms with Crippen LogP contribution < -0.4 is 0 Å². The molecule has 0 fully saturated rings. The fourth-order valence-electron chi connectivity index (χ4n) is 2.65. The van der Waals surface area contributed by atoms with Gasteiger partial charge in [0.2, 0.25) is 5.89 Å². The van der Waals surface area contributed by atoms with Gasteiger partial charge in [0, 0.05) is 24.4 Å². The van der Waals surface area contributed by atoms with Crippen molar-refractivity contribution in [3.8, 4) is 0 Å². The van der Waals surface area contributed by atoms with E-state index in [9.17, 15) is 5.11 Å². The topological polar surface area (TPSA) is 64.1 Å². The summed E-state index contributed by atoms with van der Waals surface area (Å²) in [6, 6.07) is 0. The Hall–Kier alpha value is -1.62. The fraction of sp³-hybridized carbons (Fsp3) is 0.571. The maximum atomic E-state index is 9.95. The van der Waals surface area contributed by atoms with Gasteiger partial charge in [0.25, 0.3) is 0 Å². The second-order valence-corrected chi connectivity index (χ2v) is 5.17. The molecule has 2 heterocycles. The van der Waals surface area contributed by atoms with Gasteiger partial charge in [-0.1, -0.05) is 12.1 Å². The molecule has 0 spiro atoms. The summed E-state index contributed by atoms with van der Waals surface area (Å²) >= 11 is 0. The molecule has 1 atom stereocenters. The highest BCUT2D eigenvalue weighted by molar-refractivity contribution is 5.29. The van der Waals surface area contributed by atoms with E-state index in [1.165, 1.54) is 5.56 Å². The average Bonchev–Trinajstić information content (AvgIpc) is 2.98. The molecule has 1 aliphatic rings. The van der Waals surface area contributed by atoms with E-state index < -0.39 is 0 Å². The second kappa shape index (κ2) is 5.17. The minimum absolute atomic E-state index is 0.314. The highest BCUT2D eigenvalue weighted by Gasteiger charge is 2.20. The summed E-state index contributed by atoms with van der Waals surface area (Å²) in [6.07, 6.45) is 8.58. The van der Waals surface area contributed by atoms with Gasteiger partial charge in [-0.3, -0.25) is 0 Å². The Morgan fingerprint density at radius 3 is 3.16 bits per heavy atom. The molecule has 0 aromatic carbocycles. The van der Waals surface area contributed by atoms with E-state index in [-0.39, 0.29) is 6.10 Å². The van der Waals surface area contributed by atoms with Crippen LogP contribution in [0.15, 0.2) is 16.9 Å². The Kier molecular flexibility index (Phi) is 3.38. The first-order valence-corrected chi connectivity index (χ1v) is 6.94. The molecule has 0 amide bonds. The zero-order chi connectivity index (χ0) is 13.2.